The van der Waals surface area contributed by atoms with E-state index in [1.54, 1.807) is 0 Å². The van der Waals surface area contributed by atoms with Crippen LogP contribution in [0.15, 0.2) is 0 Å². The van der Waals surface area contributed by atoms with Crippen LogP contribution in [0.3, 0.4) is 0 Å². The molecular weight excluding hydrogens is 1760 g/mol. The van der Waals surface area contributed by atoms with Gasteiger partial charge < -0.3 is 118 Å². The van der Waals surface area contributed by atoms with Gasteiger partial charge in [-0.2, -0.15) is 0 Å². The fourth-order valence-electron chi connectivity index (χ4n) is 6.22. The quantitative estimate of drug-likeness (QED) is 0.0255. The van der Waals surface area contributed by atoms with Crippen molar-refractivity contribution < 1.29 is 118 Å². The van der Waals surface area contributed by atoms with Gasteiger partial charge in [0.2, 0.25) is 0 Å². The molecule has 0 heterocycles. The largest absolute Gasteiger partial charge is 0.553 e. The summed E-state index contributed by atoms with van der Waals surface area (Å²) in [7, 11) is 19.0. The van der Waals surface area contributed by atoms with Crippen molar-refractivity contribution in [3.05, 3.63) is 42.7 Å². The molecule has 0 amide bonds. The first-order valence-electron chi connectivity index (χ1n) is 24.4. The molecule has 12 N–H and O–H groups in total. The van der Waals surface area contributed by atoms with Crippen LogP contribution >= 0.6 is 0 Å². The first kappa shape index (κ1) is 82.4. The van der Waals surface area contributed by atoms with Gasteiger partial charge in [0.15, 0.2) is 0 Å². The minimum absolute atomic E-state index is 0. The molecule has 444 valence electrons. The number of aliphatic hydroxyl groups is 12. The second kappa shape index (κ2) is 60.9. The molecular formula is C48H96O24Rf3-6. The Kier molecular flexibility index (Phi) is 66.9. The second-order valence-corrected chi connectivity index (χ2v) is 16.7. The number of aliphatic hydroxyl groups excluding tert-OH is 12. The molecule has 1 fully saturated rings. The molecule has 24 nitrogen and oxygen atoms in total. The Hall–Kier alpha value is -3.96. The van der Waals surface area contributed by atoms with Crippen molar-refractivity contribution in [2.45, 2.75) is 150 Å². The Morgan fingerprint density at radius 1 is 0.307 bits per heavy atom. The van der Waals surface area contributed by atoms with Crippen molar-refractivity contribution in [2.75, 3.05) is 119 Å². The number of unbranched alkanes of at least 4 members (excludes halogenated alkanes) is 3. The van der Waals surface area contributed by atoms with Crippen LogP contribution in [0.2, 0.25) is 0 Å². The van der Waals surface area contributed by atoms with Gasteiger partial charge in [-0.05, 0) is 77.0 Å². The van der Waals surface area contributed by atoms with Gasteiger partial charge in [0.05, 0.1) is 96.1 Å². The van der Waals surface area contributed by atoms with Crippen molar-refractivity contribution in [1.82, 2.24) is 0 Å². The Bertz CT molecular complexity index is 935. The Morgan fingerprint density at radius 3 is 0.720 bits per heavy atom. The summed E-state index contributed by atoms with van der Waals surface area (Å²) in [6.45, 7) is 3.20. The fourth-order valence-corrected chi connectivity index (χ4v) is 6.22. The Balaban J connectivity index is -0.000000236. The number of rotatable bonds is 45. The molecule has 27 heteroatoms. The maximum absolute atomic E-state index is 9.99. The van der Waals surface area contributed by atoms with E-state index >= 15 is 0 Å². The van der Waals surface area contributed by atoms with Crippen molar-refractivity contribution in [3.63, 3.8) is 0 Å². The molecule has 0 aliphatic heterocycles. The molecule has 1 aliphatic rings. The molecule has 1 saturated carbocycles. The summed E-state index contributed by atoms with van der Waals surface area (Å²) < 4.78 is 59.6. The molecule has 0 aromatic heterocycles. The molecule has 0 aromatic rings. The first-order valence-corrected chi connectivity index (χ1v) is 24.4. The van der Waals surface area contributed by atoms with E-state index in [-0.39, 0.29) is 79.3 Å². The number of ether oxygens (including phenoxy) is 12. The van der Waals surface area contributed by atoms with E-state index in [9.17, 15) is 46.0 Å². The van der Waals surface area contributed by atoms with Crippen molar-refractivity contribution in [3.8, 4) is 0 Å². The van der Waals surface area contributed by atoms with Gasteiger partial charge in [-0.25, -0.2) is 42.7 Å². The monoisotopic (exact) mass is 1860 g/mol. The van der Waals surface area contributed by atoms with Gasteiger partial charge in [-0.15, -0.1) is 0 Å². The maximum Gasteiger partial charge on any atom is 0.105 e. The standard InChI is InChI=1S/C21H39O12.3C9H19O4.3Rf/c1-28-7-16(22)19(25)10-31-13-4-14(32-11-20(26)17(23)8-29-2)6-15(5-13)33-12-21(27)18(24)9-30-3;3*1-12-8-9(11)4-2-3-6-13-7-5-10;;;/h13-27H,1-12H2;3*9-11H,1-8H2;;;/q-3;3*-1;;;. The van der Waals surface area contributed by atoms with Gasteiger partial charge in [0, 0.05) is 59.5 Å². The zero-order chi connectivity index (χ0) is 54.6. The summed E-state index contributed by atoms with van der Waals surface area (Å²) in [4.78, 5) is 0. The predicted molar refractivity (Wildman–Crippen MR) is 260 cm³/mol. The van der Waals surface area contributed by atoms with Crippen LogP contribution < -0.4 is 0 Å². The third-order valence-corrected chi connectivity index (χ3v) is 10.1. The van der Waals surface area contributed by atoms with E-state index in [1.807, 2.05) is 0 Å². The number of hydrogen-bond acceptors (Lipinski definition) is 24. The molecule has 1 aliphatic carbocycles. The molecule has 0 aromatic carbocycles. The van der Waals surface area contributed by atoms with Crippen LogP contribution in [0.1, 0.15) is 77.0 Å². The van der Waals surface area contributed by atoms with Crippen LogP contribution in [-0.2, 0) is 56.8 Å². The molecule has 75 heavy (non-hydrogen) atoms. The molecule has 1 rings (SSSR count). The van der Waals surface area contributed by atoms with Crippen molar-refractivity contribution >= 4 is 0 Å². The molecule has 0 radical (unpaired) electrons. The third-order valence-electron chi connectivity index (χ3n) is 10.1. The minimum atomic E-state index is -1.19. The van der Waals surface area contributed by atoms with Crippen molar-refractivity contribution in [1.29, 1.82) is 0 Å². The summed E-state index contributed by atoms with van der Waals surface area (Å²) in [5.74, 6) is 0. The average Bonchev–Trinajstić information content (AvgIpc) is 3.36. The summed E-state index contributed by atoms with van der Waals surface area (Å²) in [6.07, 6.45) is -0.864. The van der Waals surface area contributed by atoms with Crippen LogP contribution in [0.5, 0.6) is 0 Å². The smallest absolute Gasteiger partial charge is 0.105 e. The van der Waals surface area contributed by atoms with Gasteiger partial charge >= 0.3 is 0 Å². The zero-order valence-corrected chi connectivity index (χ0v) is 64.0. The summed E-state index contributed by atoms with van der Waals surface area (Å²) >= 11 is 0. The van der Waals surface area contributed by atoms with Crippen molar-refractivity contribution in [2.24, 2.45) is 0 Å². The van der Waals surface area contributed by atoms with E-state index < -0.39 is 73.2 Å². The zero-order valence-electron chi connectivity index (χ0n) is 44.8. The second-order valence-electron chi connectivity index (χ2n) is 16.7. The SMILES string of the molecule is [CH2-]OCC(O)C(O)COC1CC(OCC(O)C(O)CO[CH2-])CC(OCC(O)C(O)CO[CH2-])C1.[CH2-]OCC(O)CCCCOCCO.[CH2-]OCC(O)CCCCOCCO.[CH2-]OCC(O)CCCCOCCO.[Rf].[Rf].[Rf]. The van der Waals surface area contributed by atoms with E-state index in [2.05, 4.69) is 71.1 Å². The van der Waals surface area contributed by atoms with Gasteiger partial charge in [0.1, 0.15) is 36.6 Å². The minimum Gasteiger partial charge on any atom is -0.553 e. The topological polar surface area (TPSA) is 354 Å². The maximum atomic E-state index is 9.99. The Morgan fingerprint density at radius 2 is 0.520 bits per heavy atom. The summed E-state index contributed by atoms with van der Waals surface area (Å²) in [6, 6.07) is 0. The predicted octanol–water partition coefficient (Wildman–Crippen LogP) is -1.08. The van der Waals surface area contributed by atoms with Gasteiger partial charge in [-0.3, -0.25) is 0 Å². The van der Waals surface area contributed by atoms with E-state index in [0.29, 0.717) is 78.2 Å². The van der Waals surface area contributed by atoms with Crippen LogP contribution in [0.25, 0.3) is 0 Å². The summed E-state index contributed by atoms with van der Waals surface area (Å²) in [5.41, 5.74) is 0. The van der Waals surface area contributed by atoms with E-state index in [0.717, 1.165) is 38.5 Å². The van der Waals surface area contributed by atoms with Gasteiger partial charge in [-0.1, -0.05) is 0 Å². The molecule has 0 bridgehead atoms. The van der Waals surface area contributed by atoms with Crippen LogP contribution in [0, 0.1) is 42.7 Å². The molecule has 0 saturated heterocycles. The molecule has 0 spiro atoms. The average molecular weight is 1860 g/mol. The first-order chi connectivity index (χ1) is 34.6. The van der Waals surface area contributed by atoms with E-state index in [4.69, 9.17) is 43.7 Å². The van der Waals surface area contributed by atoms with Gasteiger partial charge in [0.25, 0.3) is 0 Å². The molecule has 9 unspecified atom stereocenters. The normalized spacial score (nSPS) is 18.7. The molecule has 9 atom stereocenters. The Labute approximate surface area is 429 Å². The fraction of sp³-hybridized carbons (Fsp3) is 0.875. The third kappa shape index (κ3) is 54.6. The van der Waals surface area contributed by atoms with Crippen LogP contribution in [0.4, 0.5) is 0 Å². The van der Waals surface area contributed by atoms with E-state index in [1.165, 1.54) is 0 Å². The summed E-state index contributed by atoms with van der Waals surface area (Å²) in [5, 5.41) is 112. The number of hydrogen-bond donors (Lipinski definition) is 12. The van der Waals surface area contributed by atoms with Crippen LogP contribution in [-0.4, -0.2) is 253 Å².